The molecule has 2 rings (SSSR count). The van der Waals surface area contributed by atoms with Crippen LogP contribution in [0.25, 0.3) is 0 Å². The van der Waals surface area contributed by atoms with Crippen molar-refractivity contribution in [3.63, 3.8) is 0 Å². The van der Waals surface area contributed by atoms with Crippen molar-refractivity contribution in [1.29, 1.82) is 0 Å². The summed E-state index contributed by atoms with van der Waals surface area (Å²) in [4.78, 5) is 16.1. The summed E-state index contributed by atoms with van der Waals surface area (Å²) < 4.78 is 7.87. The van der Waals surface area contributed by atoms with Crippen molar-refractivity contribution < 1.29 is 4.74 Å². The minimum Gasteiger partial charge on any atom is -0.494 e. The Labute approximate surface area is 130 Å². The molecule has 5 nitrogen and oxygen atoms in total. The van der Waals surface area contributed by atoms with Gasteiger partial charge < -0.3 is 10.5 Å². The van der Waals surface area contributed by atoms with E-state index in [2.05, 4.69) is 4.98 Å². The van der Waals surface area contributed by atoms with E-state index in [1.807, 2.05) is 41.6 Å². The van der Waals surface area contributed by atoms with E-state index in [0.717, 1.165) is 17.9 Å². The number of nitrogen functional groups attached to an aromatic ring is 1. The molecule has 0 aliphatic heterocycles. The summed E-state index contributed by atoms with van der Waals surface area (Å²) >= 11 is 2.03. The molecule has 2 aromatic rings. The number of ether oxygens (including phenoxy) is 1. The van der Waals surface area contributed by atoms with Gasteiger partial charge in [0.25, 0.3) is 5.56 Å². The highest BCUT2D eigenvalue weighted by molar-refractivity contribution is 14.1. The molecule has 0 aliphatic rings. The lowest BCUT2D eigenvalue weighted by Gasteiger charge is -2.08. The van der Waals surface area contributed by atoms with Gasteiger partial charge in [-0.15, -0.1) is 0 Å². The van der Waals surface area contributed by atoms with E-state index >= 15 is 0 Å². The maximum atomic E-state index is 12.0. The van der Waals surface area contributed by atoms with Gasteiger partial charge >= 0.3 is 0 Å². The quantitative estimate of drug-likeness (QED) is 0.487. The predicted molar refractivity (Wildman–Crippen MR) is 86.9 cm³/mol. The number of nitrogens with zero attached hydrogens (tertiary/aromatic N) is 2. The number of hydrogen-bond acceptors (Lipinski definition) is 4. The Hall–Kier alpha value is -1.57. The average molecular weight is 385 g/mol. The van der Waals surface area contributed by atoms with Gasteiger partial charge in [-0.2, -0.15) is 0 Å². The van der Waals surface area contributed by atoms with Crippen molar-refractivity contribution in [2.75, 3.05) is 12.3 Å². The Kier molecular flexibility index (Phi) is 4.99. The van der Waals surface area contributed by atoms with E-state index in [1.165, 1.54) is 0 Å². The summed E-state index contributed by atoms with van der Waals surface area (Å²) in [6.45, 7) is 2.97. The smallest absolute Gasteiger partial charge is 0.267 e. The Morgan fingerprint density at radius 2 is 2.05 bits per heavy atom. The molecule has 0 fully saturated rings. The maximum absolute atomic E-state index is 12.0. The number of aryl methyl sites for hydroxylation is 2. The highest BCUT2D eigenvalue weighted by atomic mass is 127. The molecule has 0 saturated carbocycles. The molecule has 0 amide bonds. The molecular weight excluding hydrogens is 369 g/mol. The van der Waals surface area contributed by atoms with Crippen molar-refractivity contribution in [2.45, 2.75) is 19.9 Å². The van der Waals surface area contributed by atoms with Crippen molar-refractivity contribution >= 4 is 28.3 Å². The third kappa shape index (κ3) is 3.72. The first-order valence-electron chi connectivity index (χ1n) is 6.28. The number of benzene rings is 1. The number of aromatic nitrogens is 2. The van der Waals surface area contributed by atoms with Crippen molar-refractivity contribution in [3.8, 4) is 5.75 Å². The molecule has 6 heteroatoms. The lowest BCUT2D eigenvalue weighted by atomic mass is 10.3. The second-order valence-corrected chi connectivity index (χ2v) is 5.49. The van der Waals surface area contributed by atoms with Crippen LogP contribution in [0, 0.1) is 10.5 Å². The molecule has 1 aromatic heterocycles. The molecule has 0 bridgehead atoms. The first-order valence-corrected chi connectivity index (χ1v) is 7.35. The molecule has 1 aromatic carbocycles. The molecular formula is C14H16IN3O2. The summed E-state index contributed by atoms with van der Waals surface area (Å²) in [6.07, 6.45) is 2.33. The molecule has 0 radical (unpaired) electrons. The van der Waals surface area contributed by atoms with Gasteiger partial charge in [-0.1, -0.05) is 0 Å². The van der Waals surface area contributed by atoms with Gasteiger partial charge in [-0.3, -0.25) is 9.36 Å². The van der Waals surface area contributed by atoms with Gasteiger partial charge in [0.1, 0.15) is 5.75 Å². The summed E-state index contributed by atoms with van der Waals surface area (Å²) in [5.41, 5.74) is 7.09. The summed E-state index contributed by atoms with van der Waals surface area (Å²) in [5.74, 6) is 0.781. The van der Waals surface area contributed by atoms with Gasteiger partial charge in [-0.25, -0.2) is 4.98 Å². The Morgan fingerprint density at radius 3 is 2.75 bits per heavy atom. The van der Waals surface area contributed by atoms with Crippen LogP contribution in [-0.2, 0) is 6.54 Å². The first-order chi connectivity index (χ1) is 9.58. The van der Waals surface area contributed by atoms with E-state index in [0.29, 0.717) is 22.4 Å². The monoisotopic (exact) mass is 385 g/mol. The number of anilines is 1. The van der Waals surface area contributed by atoms with E-state index in [9.17, 15) is 4.79 Å². The zero-order valence-corrected chi connectivity index (χ0v) is 13.3. The highest BCUT2D eigenvalue weighted by Crippen LogP contribution is 2.13. The largest absolute Gasteiger partial charge is 0.494 e. The van der Waals surface area contributed by atoms with Crippen LogP contribution >= 0.6 is 22.6 Å². The molecule has 2 N–H and O–H groups in total. The standard InChI is InChI=1S/C14H16IN3O2/c1-10-13(15)14(19)18(9-17-10)7-2-8-20-12-5-3-11(16)4-6-12/h3-6,9H,2,7-8,16H2,1H3. The predicted octanol–water partition coefficient (Wildman–Crippen LogP) is 2.21. The van der Waals surface area contributed by atoms with Gasteiger partial charge in [0.15, 0.2) is 0 Å². The summed E-state index contributed by atoms with van der Waals surface area (Å²) in [7, 11) is 0. The van der Waals surface area contributed by atoms with Crippen molar-refractivity contribution in [3.05, 3.63) is 50.2 Å². The zero-order chi connectivity index (χ0) is 14.5. The lowest BCUT2D eigenvalue weighted by molar-refractivity contribution is 0.300. The molecule has 0 saturated heterocycles. The Morgan fingerprint density at radius 1 is 1.35 bits per heavy atom. The molecule has 1 heterocycles. The normalized spacial score (nSPS) is 10.5. The van der Waals surface area contributed by atoms with Crippen LogP contribution in [0.5, 0.6) is 5.75 Å². The fraction of sp³-hybridized carbons (Fsp3) is 0.286. The fourth-order valence-corrected chi connectivity index (χ4v) is 2.14. The molecule has 0 aliphatic carbocycles. The first kappa shape index (κ1) is 14.8. The Balaban J connectivity index is 1.86. The molecule has 0 unspecified atom stereocenters. The van der Waals surface area contributed by atoms with Crippen LogP contribution < -0.4 is 16.0 Å². The third-order valence-electron chi connectivity index (χ3n) is 2.85. The van der Waals surface area contributed by atoms with Gasteiger partial charge in [0.2, 0.25) is 0 Å². The van der Waals surface area contributed by atoms with Crippen LogP contribution in [0.2, 0.25) is 0 Å². The van der Waals surface area contributed by atoms with Gasteiger partial charge in [0.05, 0.1) is 22.2 Å². The van der Waals surface area contributed by atoms with Crippen molar-refractivity contribution in [1.82, 2.24) is 9.55 Å². The molecule has 106 valence electrons. The van der Waals surface area contributed by atoms with Gasteiger partial charge in [0, 0.05) is 12.2 Å². The molecule has 0 spiro atoms. The van der Waals surface area contributed by atoms with E-state index in [4.69, 9.17) is 10.5 Å². The fourth-order valence-electron chi connectivity index (χ4n) is 1.69. The highest BCUT2D eigenvalue weighted by Gasteiger charge is 2.04. The zero-order valence-electron chi connectivity index (χ0n) is 11.2. The van der Waals surface area contributed by atoms with Crippen LogP contribution in [0.1, 0.15) is 12.1 Å². The number of nitrogens with two attached hydrogens (primary N) is 1. The Bertz CT molecular complexity index is 638. The molecule has 0 atom stereocenters. The second-order valence-electron chi connectivity index (χ2n) is 4.41. The summed E-state index contributed by atoms with van der Waals surface area (Å²) in [5, 5.41) is 0. The lowest BCUT2D eigenvalue weighted by Crippen LogP contribution is -2.24. The SMILES string of the molecule is Cc1ncn(CCCOc2ccc(N)cc2)c(=O)c1I. The number of hydrogen-bond donors (Lipinski definition) is 1. The van der Waals surface area contributed by atoms with Crippen LogP contribution in [0.15, 0.2) is 35.4 Å². The maximum Gasteiger partial charge on any atom is 0.267 e. The second kappa shape index (κ2) is 6.74. The van der Waals surface area contributed by atoms with E-state index < -0.39 is 0 Å². The number of halogens is 1. The average Bonchev–Trinajstić information content (AvgIpc) is 2.45. The topological polar surface area (TPSA) is 70.1 Å². The summed E-state index contributed by atoms with van der Waals surface area (Å²) in [6, 6.07) is 7.26. The minimum absolute atomic E-state index is 0.00517. The van der Waals surface area contributed by atoms with Crippen molar-refractivity contribution in [2.24, 2.45) is 0 Å². The number of rotatable bonds is 5. The van der Waals surface area contributed by atoms with Gasteiger partial charge in [-0.05, 0) is 60.2 Å². The van der Waals surface area contributed by atoms with Crippen LogP contribution in [0.3, 0.4) is 0 Å². The van der Waals surface area contributed by atoms with Crippen LogP contribution in [0.4, 0.5) is 5.69 Å². The van der Waals surface area contributed by atoms with Crippen LogP contribution in [-0.4, -0.2) is 16.2 Å². The minimum atomic E-state index is 0.00517. The molecule has 20 heavy (non-hydrogen) atoms. The van der Waals surface area contributed by atoms with E-state index in [1.54, 1.807) is 23.0 Å². The third-order valence-corrected chi connectivity index (χ3v) is 4.09. The van der Waals surface area contributed by atoms with E-state index in [-0.39, 0.29) is 5.56 Å².